The highest BCUT2D eigenvalue weighted by Gasteiger charge is 2.33. The summed E-state index contributed by atoms with van der Waals surface area (Å²) in [5.41, 5.74) is 0.368. The summed E-state index contributed by atoms with van der Waals surface area (Å²) in [7, 11) is 0. The Hall–Kier alpha value is -0.970. The van der Waals surface area contributed by atoms with E-state index >= 15 is 0 Å². The van der Waals surface area contributed by atoms with Crippen molar-refractivity contribution in [1.82, 2.24) is 25.5 Å². The van der Waals surface area contributed by atoms with E-state index in [1.807, 2.05) is 4.68 Å². The fourth-order valence-corrected chi connectivity index (χ4v) is 3.37. The quantitative estimate of drug-likeness (QED) is 0.900. The molecule has 0 amide bonds. The maximum absolute atomic E-state index is 4.15. The minimum Gasteiger partial charge on any atom is -0.307 e. The van der Waals surface area contributed by atoms with Crippen LogP contribution in [-0.2, 0) is 13.1 Å². The molecule has 0 aromatic carbocycles. The van der Waals surface area contributed by atoms with E-state index in [0.717, 1.165) is 31.3 Å². The molecular weight excluding hydrogens is 250 g/mol. The molecule has 5 heteroatoms. The molecule has 1 N–H and O–H groups in total. The molecule has 1 saturated carbocycles. The maximum Gasteiger partial charge on any atom is 0.165 e. The fourth-order valence-electron chi connectivity index (χ4n) is 3.37. The first-order valence-corrected chi connectivity index (χ1v) is 8.00. The second-order valence-corrected chi connectivity index (χ2v) is 7.06. The lowest BCUT2D eigenvalue weighted by atomic mass is 9.69. The van der Waals surface area contributed by atoms with Gasteiger partial charge >= 0.3 is 0 Å². The number of hydrogen-bond donors (Lipinski definition) is 1. The van der Waals surface area contributed by atoms with E-state index in [0.29, 0.717) is 11.5 Å². The van der Waals surface area contributed by atoms with Crippen molar-refractivity contribution in [1.29, 1.82) is 0 Å². The molecule has 0 spiro atoms. The van der Waals surface area contributed by atoms with E-state index in [-0.39, 0.29) is 0 Å². The largest absolute Gasteiger partial charge is 0.307 e. The van der Waals surface area contributed by atoms with Crippen molar-refractivity contribution in [3.63, 3.8) is 0 Å². The highest BCUT2D eigenvalue weighted by atomic mass is 15.5. The monoisotopic (exact) mass is 279 g/mol. The molecule has 114 valence electrons. The Morgan fingerprint density at radius 3 is 2.70 bits per heavy atom. The van der Waals surface area contributed by atoms with Crippen LogP contribution in [0.5, 0.6) is 0 Å². The summed E-state index contributed by atoms with van der Waals surface area (Å²) in [6.45, 7) is 10.9. The van der Waals surface area contributed by atoms with E-state index in [1.165, 1.54) is 25.7 Å². The van der Waals surface area contributed by atoms with Crippen molar-refractivity contribution in [2.75, 3.05) is 0 Å². The van der Waals surface area contributed by atoms with Crippen molar-refractivity contribution in [3.05, 3.63) is 5.82 Å². The SMILES string of the molecule is CCCn1nnnc1CN[C@@H]1CCCC[C@H]1C(C)(C)C. The van der Waals surface area contributed by atoms with E-state index in [4.69, 9.17) is 0 Å². The van der Waals surface area contributed by atoms with Gasteiger partial charge in [-0.05, 0) is 41.0 Å². The van der Waals surface area contributed by atoms with Gasteiger partial charge in [-0.25, -0.2) is 4.68 Å². The Labute approximate surface area is 122 Å². The first-order chi connectivity index (χ1) is 9.52. The third kappa shape index (κ3) is 3.78. The molecule has 1 aromatic rings. The molecule has 5 nitrogen and oxygen atoms in total. The predicted octanol–water partition coefficient (Wildman–Crippen LogP) is 2.78. The highest BCUT2D eigenvalue weighted by molar-refractivity contribution is 4.90. The molecule has 2 atom stereocenters. The molecule has 0 saturated heterocycles. The first kappa shape index (κ1) is 15.4. The van der Waals surface area contributed by atoms with Gasteiger partial charge in [0, 0.05) is 12.6 Å². The Morgan fingerprint density at radius 1 is 1.25 bits per heavy atom. The van der Waals surface area contributed by atoms with Crippen LogP contribution in [0.1, 0.15) is 65.6 Å². The highest BCUT2D eigenvalue weighted by Crippen LogP contribution is 2.38. The van der Waals surface area contributed by atoms with Gasteiger partial charge in [0.15, 0.2) is 5.82 Å². The van der Waals surface area contributed by atoms with Crippen LogP contribution in [0.3, 0.4) is 0 Å². The Morgan fingerprint density at radius 2 is 2.00 bits per heavy atom. The van der Waals surface area contributed by atoms with E-state index in [9.17, 15) is 0 Å². The summed E-state index contributed by atoms with van der Waals surface area (Å²) in [6, 6.07) is 0.593. The van der Waals surface area contributed by atoms with Crippen molar-refractivity contribution in [3.8, 4) is 0 Å². The Balaban J connectivity index is 1.95. The van der Waals surface area contributed by atoms with Crippen LogP contribution in [0.15, 0.2) is 0 Å². The molecule has 0 bridgehead atoms. The summed E-state index contributed by atoms with van der Waals surface area (Å²) in [5, 5.41) is 15.7. The summed E-state index contributed by atoms with van der Waals surface area (Å²) >= 11 is 0. The van der Waals surface area contributed by atoms with Crippen molar-refractivity contribution < 1.29 is 0 Å². The smallest absolute Gasteiger partial charge is 0.165 e. The molecule has 0 radical (unpaired) electrons. The van der Waals surface area contributed by atoms with E-state index in [1.54, 1.807) is 0 Å². The molecular formula is C15H29N5. The van der Waals surface area contributed by atoms with Gasteiger partial charge in [-0.1, -0.05) is 40.5 Å². The average Bonchev–Trinajstić information content (AvgIpc) is 2.83. The van der Waals surface area contributed by atoms with Crippen molar-refractivity contribution in [2.45, 2.75) is 78.9 Å². The van der Waals surface area contributed by atoms with E-state index in [2.05, 4.69) is 48.5 Å². The second kappa shape index (κ2) is 6.66. The number of aromatic nitrogens is 4. The lowest BCUT2D eigenvalue weighted by Gasteiger charge is -2.41. The van der Waals surface area contributed by atoms with Crippen LogP contribution >= 0.6 is 0 Å². The zero-order chi connectivity index (χ0) is 14.6. The van der Waals surface area contributed by atoms with Gasteiger partial charge in [0.05, 0.1) is 6.54 Å². The molecule has 20 heavy (non-hydrogen) atoms. The minimum absolute atomic E-state index is 0.368. The topological polar surface area (TPSA) is 55.6 Å². The molecule has 1 fully saturated rings. The third-order valence-electron chi connectivity index (χ3n) is 4.44. The van der Waals surface area contributed by atoms with Crippen LogP contribution in [0.2, 0.25) is 0 Å². The average molecular weight is 279 g/mol. The van der Waals surface area contributed by atoms with Gasteiger partial charge in [-0.2, -0.15) is 0 Å². The van der Waals surface area contributed by atoms with Gasteiger partial charge in [0.25, 0.3) is 0 Å². The maximum atomic E-state index is 4.15. The number of rotatable bonds is 5. The summed E-state index contributed by atoms with van der Waals surface area (Å²) in [5.74, 6) is 1.71. The van der Waals surface area contributed by atoms with Crippen molar-refractivity contribution in [2.24, 2.45) is 11.3 Å². The number of nitrogens with zero attached hydrogens (tertiary/aromatic N) is 4. The molecule has 0 aliphatic heterocycles. The molecule has 1 aliphatic carbocycles. The number of nitrogens with one attached hydrogen (secondary N) is 1. The van der Waals surface area contributed by atoms with Gasteiger partial charge < -0.3 is 5.32 Å². The zero-order valence-electron chi connectivity index (χ0n) is 13.4. The summed E-state index contributed by atoms with van der Waals surface area (Å²) in [4.78, 5) is 0. The minimum atomic E-state index is 0.368. The predicted molar refractivity (Wildman–Crippen MR) is 80.1 cm³/mol. The lowest BCUT2D eigenvalue weighted by molar-refractivity contribution is 0.129. The standard InChI is InChI=1S/C15H29N5/c1-5-10-20-14(17-18-19-20)11-16-13-9-7-6-8-12(13)15(2,3)4/h12-13,16H,5-11H2,1-4H3/t12-,13-/m1/s1. The summed E-state index contributed by atoms with van der Waals surface area (Å²) in [6.07, 6.45) is 6.38. The molecule has 1 heterocycles. The van der Waals surface area contributed by atoms with Gasteiger partial charge in [0.2, 0.25) is 0 Å². The van der Waals surface area contributed by atoms with Gasteiger partial charge in [-0.15, -0.1) is 5.10 Å². The van der Waals surface area contributed by atoms with Crippen LogP contribution in [0.4, 0.5) is 0 Å². The first-order valence-electron chi connectivity index (χ1n) is 8.00. The zero-order valence-corrected chi connectivity index (χ0v) is 13.4. The second-order valence-electron chi connectivity index (χ2n) is 7.06. The van der Waals surface area contributed by atoms with Crippen LogP contribution in [0.25, 0.3) is 0 Å². The molecule has 1 aliphatic rings. The summed E-state index contributed by atoms with van der Waals surface area (Å²) < 4.78 is 1.92. The number of tetrazole rings is 1. The third-order valence-corrected chi connectivity index (χ3v) is 4.44. The van der Waals surface area contributed by atoms with Crippen LogP contribution in [0, 0.1) is 11.3 Å². The van der Waals surface area contributed by atoms with Gasteiger partial charge in [-0.3, -0.25) is 0 Å². The van der Waals surface area contributed by atoms with Crippen molar-refractivity contribution >= 4 is 0 Å². The lowest BCUT2D eigenvalue weighted by Crippen LogP contribution is -2.44. The fraction of sp³-hybridized carbons (Fsp3) is 0.933. The normalized spacial score (nSPS) is 24.0. The molecule has 1 aromatic heterocycles. The Bertz CT molecular complexity index is 407. The number of hydrogen-bond acceptors (Lipinski definition) is 4. The van der Waals surface area contributed by atoms with Crippen LogP contribution in [-0.4, -0.2) is 26.2 Å². The van der Waals surface area contributed by atoms with E-state index < -0.39 is 0 Å². The molecule has 2 rings (SSSR count). The molecule has 0 unspecified atom stereocenters. The number of aryl methyl sites for hydroxylation is 1. The Kier molecular flexibility index (Phi) is 5.13. The van der Waals surface area contributed by atoms with Crippen LogP contribution < -0.4 is 5.32 Å². The van der Waals surface area contributed by atoms with Gasteiger partial charge in [0.1, 0.15) is 0 Å².